The fourth-order valence-corrected chi connectivity index (χ4v) is 4.47. The summed E-state index contributed by atoms with van der Waals surface area (Å²) in [6.45, 7) is 8.00. The van der Waals surface area contributed by atoms with E-state index in [2.05, 4.69) is 38.1 Å². The van der Waals surface area contributed by atoms with Gasteiger partial charge in [-0.05, 0) is 61.1 Å². The molecule has 0 radical (unpaired) electrons. The number of hydrogen-bond acceptors (Lipinski definition) is 5. The van der Waals surface area contributed by atoms with Crippen molar-refractivity contribution >= 4 is 0 Å². The number of hydrogen-bond donors (Lipinski definition) is 2. The lowest BCUT2D eigenvalue weighted by molar-refractivity contribution is 0.0179. The van der Waals surface area contributed by atoms with Gasteiger partial charge in [-0.25, -0.2) is 0 Å². The van der Waals surface area contributed by atoms with Gasteiger partial charge in [0.05, 0.1) is 18.8 Å². The standard InChI is InChI=1S/C30H44O5/c1-23(20-31)21-34-28-15-11-24(12-16-28)30(2,3)25-13-17-29(18-14-25)35-22-26(32)8-7-19-33-27-9-5-4-6-10-27/h11-18,23,26-27,31-32H,4-10,19-22H2,1-3H3. The van der Waals surface area contributed by atoms with Crippen molar-refractivity contribution in [2.24, 2.45) is 5.92 Å². The topological polar surface area (TPSA) is 68.2 Å². The maximum atomic E-state index is 10.3. The van der Waals surface area contributed by atoms with Crippen molar-refractivity contribution in [1.82, 2.24) is 0 Å². The van der Waals surface area contributed by atoms with E-state index < -0.39 is 6.10 Å². The van der Waals surface area contributed by atoms with Crippen LogP contribution in [0.3, 0.4) is 0 Å². The van der Waals surface area contributed by atoms with Gasteiger partial charge in [-0.15, -0.1) is 0 Å². The summed E-state index contributed by atoms with van der Waals surface area (Å²) in [7, 11) is 0. The first kappa shape index (κ1) is 27.5. The molecular formula is C30H44O5. The Labute approximate surface area is 211 Å². The zero-order valence-corrected chi connectivity index (χ0v) is 21.7. The molecule has 1 saturated carbocycles. The average molecular weight is 485 g/mol. The Morgan fingerprint density at radius 1 is 0.857 bits per heavy atom. The fourth-order valence-electron chi connectivity index (χ4n) is 4.47. The van der Waals surface area contributed by atoms with Gasteiger partial charge in [-0.2, -0.15) is 0 Å². The van der Waals surface area contributed by atoms with E-state index in [0.29, 0.717) is 25.7 Å². The van der Waals surface area contributed by atoms with E-state index in [-0.39, 0.29) is 17.9 Å². The highest BCUT2D eigenvalue weighted by molar-refractivity contribution is 5.41. The van der Waals surface area contributed by atoms with Gasteiger partial charge in [0.2, 0.25) is 0 Å². The van der Waals surface area contributed by atoms with Crippen LogP contribution in [0.4, 0.5) is 0 Å². The molecular weight excluding hydrogens is 440 g/mol. The third-order valence-electron chi connectivity index (χ3n) is 7.03. The lowest BCUT2D eigenvalue weighted by Crippen LogP contribution is -2.21. The van der Waals surface area contributed by atoms with Crippen LogP contribution in [0.25, 0.3) is 0 Å². The molecule has 0 aromatic heterocycles. The molecule has 1 aliphatic carbocycles. The summed E-state index contributed by atoms with van der Waals surface area (Å²) in [5.74, 6) is 1.70. The molecule has 2 aromatic carbocycles. The molecule has 1 fully saturated rings. The second-order valence-corrected chi connectivity index (χ2v) is 10.5. The molecule has 2 unspecified atom stereocenters. The highest BCUT2D eigenvalue weighted by Gasteiger charge is 2.23. The van der Waals surface area contributed by atoms with Crippen molar-refractivity contribution in [3.63, 3.8) is 0 Å². The fraction of sp³-hybridized carbons (Fsp3) is 0.600. The van der Waals surface area contributed by atoms with Crippen molar-refractivity contribution < 1.29 is 24.4 Å². The van der Waals surface area contributed by atoms with E-state index in [1.54, 1.807) is 0 Å². The van der Waals surface area contributed by atoms with Gasteiger partial charge in [0.25, 0.3) is 0 Å². The Bertz CT molecular complexity index is 840. The van der Waals surface area contributed by atoms with Crippen LogP contribution in [0.5, 0.6) is 11.5 Å². The van der Waals surface area contributed by atoms with Gasteiger partial charge >= 0.3 is 0 Å². The molecule has 194 valence electrons. The monoisotopic (exact) mass is 484 g/mol. The predicted octanol–water partition coefficient (Wildman–Crippen LogP) is 5.89. The molecule has 0 amide bonds. The Morgan fingerprint density at radius 2 is 1.40 bits per heavy atom. The minimum Gasteiger partial charge on any atom is -0.493 e. The number of rotatable bonds is 14. The molecule has 3 rings (SSSR count). The van der Waals surface area contributed by atoms with Crippen LogP contribution in [0.1, 0.15) is 76.8 Å². The predicted molar refractivity (Wildman–Crippen MR) is 140 cm³/mol. The van der Waals surface area contributed by atoms with E-state index in [1.807, 2.05) is 31.2 Å². The first-order valence-corrected chi connectivity index (χ1v) is 13.3. The number of ether oxygens (including phenoxy) is 3. The summed E-state index contributed by atoms with van der Waals surface area (Å²) in [5, 5.41) is 19.4. The Kier molecular flexibility index (Phi) is 10.9. The summed E-state index contributed by atoms with van der Waals surface area (Å²) in [6, 6.07) is 16.3. The van der Waals surface area contributed by atoms with Crippen LogP contribution in [0.15, 0.2) is 48.5 Å². The molecule has 2 atom stereocenters. The summed E-state index contributed by atoms with van der Waals surface area (Å²) in [6.07, 6.45) is 7.76. The van der Waals surface area contributed by atoms with Crippen molar-refractivity contribution in [1.29, 1.82) is 0 Å². The molecule has 35 heavy (non-hydrogen) atoms. The normalized spacial score (nSPS) is 16.6. The molecule has 2 aromatic rings. The second-order valence-electron chi connectivity index (χ2n) is 10.5. The first-order valence-electron chi connectivity index (χ1n) is 13.3. The average Bonchev–Trinajstić information content (AvgIpc) is 2.89. The minimum absolute atomic E-state index is 0.119. The van der Waals surface area contributed by atoms with Gasteiger partial charge in [0.15, 0.2) is 0 Å². The van der Waals surface area contributed by atoms with Crippen LogP contribution in [-0.2, 0) is 10.2 Å². The number of benzene rings is 2. The summed E-state index contributed by atoms with van der Waals surface area (Å²) in [4.78, 5) is 0. The number of aliphatic hydroxyl groups is 2. The summed E-state index contributed by atoms with van der Waals surface area (Å²) >= 11 is 0. The van der Waals surface area contributed by atoms with Crippen LogP contribution in [0, 0.1) is 5.92 Å². The number of aliphatic hydroxyl groups excluding tert-OH is 2. The summed E-state index contributed by atoms with van der Waals surface area (Å²) in [5.41, 5.74) is 2.21. The smallest absolute Gasteiger partial charge is 0.119 e. The molecule has 1 aliphatic rings. The van der Waals surface area contributed by atoms with Crippen molar-refractivity contribution in [3.05, 3.63) is 59.7 Å². The SMILES string of the molecule is CC(CO)COc1ccc(C(C)(C)c2ccc(OCC(O)CCCOC3CCCCC3)cc2)cc1. The van der Waals surface area contributed by atoms with Gasteiger partial charge in [-0.3, -0.25) is 0 Å². The van der Waals surface area contributed by atoms with Crippen molar-refractivity contribution in [2.75, 3.05) is 26.4 Å². The second kappa shape index (κ2) is 13.9. The van der Waals surface area contributed by atoms with Gasteiger partial charge in [0, 0.05) is 24.5 Å². The Hall–Kier alpha value is -2.08. The lowest BCUT2D eigenvalue weighted by Gasteiger charge is -2.26. The largest absolute Gasteiger partial charge is 0.493 e. The molecule has 2 N–H and O–H groups in total. The van der Waals surface area contributed by atoms with Gasteiger partial charge in [0.1, 0.15) is 18.1 Å². The van der Waals surface area contributed by atoms with Crippen molar-refractivity contribution in [3.8, 4) is 11.5 Å². The molecule has 0 aliphatic heterocycles. The maximum absolute atomic E-state index is 10.3. The first-order chi connectivity index (χ1) is 16.9. The molecule has 0 bridgehead atoms. The Balaban J connectivity index is 1.42. The highest BCUT2D eigenvalue weighted by atomic mass is 16.5. The minimum atomic E-state index is -0.484. The zero-order valence-electron chi connectivity index (χ0n) is 21.7. The van der Waals surface area contributed by atoms with E-state index in [1.165, 1.54) is 43.2 Å². The van der Waals surface area contributed by atoms with Crippen LogP contribution in [-0.4, -0.2) is 48.8 Å². The van der Waals surface area contributed by atoms with Crippen LogP contribution in [0.2, 0.25) is 0 Å². The van der Waals surface area contributed by atoms with Crippen LogP contribution < -0.4 is 9.47 Å². The van der Waals surface area contributed by atoms with Gasteiger partial charge < -0.3 is 24.4 Å². The quantitative estimate of drug-likeness (QED) is 0.327. The van der Waals surface area contributed by atoms with E-state index in [4.69, 9.17) is 19.3 Å². The molecule has 5 heteroatoms. The Morgan fingerprint density at radius 3 is 1.94 bits per heavy atom. The molecule has 0 heterocycles. The molecule has 0 spiro atoms. The zero-order chi connectivity index (χ0) is 25.1. The molecule has 5 nitrogen and oxygen atoms in total. The lowest BCUT2D eigenvalue weighted by atomic mass is 9.78. The third-order valence-corrected chi connectivity index (χ3v) is 7.03. The van der Waals surface area contributed by atoms with Crippen LogP contribution >= 0.6 is 0 Å². The summed E-state index contributed by atoms with van der Waals surface area (Å²) < 4.78 is 17.5. The highest BCUT2D eigenvalue weighted by Crippen LogP contribution is 2.33. The van der Waals surface area contributed by atoms with E-state index >= 15 is 0 Å². The molecule has 0 saturated heterocycles. The van der Waals surface area contributed by atoms with E-state index in [0.717, 1.165) is 24.5 Å². The van der Waals surface area contributed by atoms with Gasteiger partial charge in [-0.1, -0.05) is 64.3 Å². The maximum Gasteiger partial charge on any atom is 0.119 e. The van der Waals surface area contributed by atoms with E-state index in [9.17, 15) is 5.11 Å². The third kappa shape index (κ3) is 8.82. The van der Waals surface area contributed by atoms with Crippen molar-refractivity contribution in [2.45, 2.75) is 83.3 Å².